The summed E-state index contributed by atoms with van der Waals surface area (Å²) in [5.41, 5.74) is 0. The monoisotopic (exact) mass is 436 g/mol. The van der Waals surface area contributed by atoms with E-state index in [2.05, 4.69) is 23.5 Å². The van der Waals surface area contributed by atoms with Gasteiger partial charge in [-0.2, -0.15) is 0 Å². The molecule has 0 unspecified atom stereocenters. The van der Waals surface area contributed by atoms with Crippen LogP contribution in [0.1, 0.15) is 39.5 Å². The Kier molecular flexibility index (Phi) is 15.9. The van der Waals surface area contributed by atoms with E-state index < -0.39 is 6.16 Å². The minimum absolute atomic E-state index is 0. The molecule has 0 bridgehead atoms. The van der Waals surface area contributed by atoms with Crippen molar-refractivity contribution in [1.29, 1.82) is 0 Å². The molecule has 15 heavy (non-hydrogen) atoms. The van der Waals surface area contributed by atoms with Gasteiger partial charge in [-0.05, 0) is 13.3 Å². The maximum Gasteiger partial charge on any atom is 0.509 e. The molecular formula is C11H18O3Pu. The van der Waals surface area contributed by atoms with E-state index in [0.717, 1.165) is 12.8 Å². The molecule has 86 valence electrons. The van der Waals surface area contributed by atoms with Gasteiger partial charge in [0, 0.05) is 29.2 Å². The van der Waals surface area contributed by atoms with Gasteiger partial charge in [-0.3, -0.25) is 0 Å². The first-order valence-corrected chi connectivity index (χ1v) is 5.00. The molecule has 0 aromatic rings. The molecular weight excluding hydrogens is 424 g/mol. The summed E-state index contributed by atoms with van der Waals surface area (Å²) in [5.74, 6) is 5.24. The third kappa shape index (κ3) is 13.8. The molecule has 0 rings (SSSR count). The van der Waals surface area contributed by atoms with Gasteiger partial charge in [-0.15, -0.1) is 5.92 Å². The van der Waals surface area contributed by atoms with Crippen LogP contribution in [0.2, 0.25) is 0 Å². The Balaban J connectivity index is 0. The molecule has 0 saturated carbocycles. The van der Waals surface area contributed by atoms with Crippen molar-refractivity contribution in [1.82, 2.24) is 0 Å². The average Bonchev–Trinajstić information content (AvgIpc) is 2.18. The predicted octanol–water partition coefficient (Wildman–Crippen LogP) is 2.74. The van der Waals surface area contributed by atoms with Crippen LogP contribution in [-0.2, 0) is 9.47 Å². The van der Waals surface area contributed by atoms with Crippen molar-refractivity contribution in [3.8, 4) is 11.8 Å². The summed E-state index contributed by atoms with van der Waals surface area (Å²) >= 11 is 0. The molecule has 0 spiro atoms. The summed E-state index contributed by atoms with van der Waals surface area (Å²) in [7, 11) is 0. The normalized spacial score (nSPS) is 8.13. The molecule has 0 aliphatic rings. The van der Waals surface area contributed by atoms with Crippen LogP contribution < -0.4 is 0 Å². The topological polar surface area (TPSA) is 35.5 Å². The van der Waals surface area contributed by atoms with Crippen molar-refractivity contribution in [2.24, 2.45) is 0 Å². The summed E-state index contributed by atoms with van der Waals surface area (Å²) in [4.78, 5) is 10.8. The largest absolute Gasteiger partial charge is 0.509 e. The zero-order valence-corrected chi connectivity index (χ0v) is 12.8. The second-order valence-electron chi connectivity index (χ2n) is 2.87. The number of unbranched alkanes of at least 4 members (excludes halogenated alkanes) is 3. The summed E-state index contributed by atoms with van der Waals surface area (Å²) in [6.07, 6.45) is 3.74. The molecule has 0 aromatic carbocycles. The smallest absolute Gasteiger partial charge is 0.434 e. The van der Waals surface area contributed by atoms with E-state index in [-0.39, 0.29) is 35.8 Å². The van der Waals surface area contributed by atoms with Crippen LogP contribution in [0.15, 0.2) is 0 Å². The van der Waals surface area contributed by atoms with Gasteiger partial charge in [-0.1, -0.05) is 32.1 Å². The van der Waals surface area contributed by atoms with E-state index in [9.17, 15) is 4.79 Å². The van der Waals surface area contributed by atoms with Crippen molar-refractivity contribution < 1.29 is 43.4 Å². The summed E-state index contributed by atoms with van der Waals surface area (Å²) in [6.45, 7) is 4.39. The number of hydrogen-bond donors (Lipinski definition) is 0. The van der Waals surface area contributed by atoms with Crippen LogP contribution in [-0.4, -0.2) is 19.4 Å². The van der Waals surface area contributed by atoms with Crippen molar-refractivity contribution in [2.75, 3.05) is 13.2 Å². The van der Waals surface area contributed by atoms with Crippen LogP contribution in [0, 0.1) is 41.0 Å². The summed E-state index contributed by atoms with van der Waals surface area (Å²) in [5, 5.41) is 0. The molecule has 0 atom stereocenters. The maximum atomic E-state index is 10.8. The van der Waals surface area contributed by atoms with E-state index in [1.54, 1.807) is 6.92 Å². The fourth-order valence-corrected chi connectivity index (χ4v) is 0.893. The fourth-order valence-electron chi connectivity index (χ4n) is 0.893. The van der Waals surface area contributed by atoms with E-state index in [1.807, 2.05) is 0 Å². The second kappa shape index (κ2) is 13.8. The number of ether oxygens (including phenoxy) is 2. The van der Waals surface area contributed by atoms with E-state index >= 15 is 0 Å². The molecule has 0 fully saturated rings. The second-order valence-corrected chi connectivity index (χ2v) is 2.87. The maximum absolute atomic E-state index is 10.8. The summed E-state index contributed by atoms with van der Waals surface area (Å²) < 4.78 is 9.46. The zero-order valence-electron chi connectivity index (χ0n) is 9.38. The van der Waals surface area contributed by atoms with Crippen LogP contribution in [0.3, 0.4) is 0 Å². The van der Waals surface area contributed by atoms with Gasteiger partial charge >= 0.3 is 6.16 Å². The number of hydrogen-bond acceptors (Lipinski definition) is 3. The Morgan fingerprint density at radius 2 is 1.93 bits per heavy atom. The van der Waals surface area contributed by atoms with Gasteiger partial charge in [0.05, 0.1) is 6.61 Å². The first-order chi connectivity index (χ1) is 6.81. The van der Waals surface area contributed by atoms with E-state index in [0.29, 0.717) is 6.61 Å². The third-order valence-electron chi connectivity index (χ3n) is 1.66. The Bertz CT molecular complexity index is 206. The minimum Gasteiger partial charge on any atom is -0.434 e. The van der Waals surface area contributed by atoms with Gasteiger partial charge in [0.15, 0.2) is 6.61 Å². The molecule has 0 aliphatic carbocycles. The first-order valence-electron chi connectivity index (χ1n) is 5.00. The van der Waals surface area contributed by atoms with Crippen LogP contribution in [0.25, 0.3) is 0 Å². The average molecular weight is 442 g/mol. The van der Waals surface area contributed by atoms with E-state index in [4.69, 9.17) is 4.74 Å². The Morgan fingerprint density at radius 3 is 2.53 bits per heavy atom. The van der Waals surface area contributed by atoms with Crippen LogP contribution in [0.5, 0.6) is 0 Å². The molecule has 0 saturated heterocycles. The molecule has 3 nitrogen and oxygen atoms in total. The third-order valence-corrected chi connectivity index (χ3v) is 1.66. The van der Waals surface area contributed by atoms with Crippen molar-refractivity contribution in [3.63, 3.8) is 0 Å². The fraction of sp³-hybridized carbons (Fsp3) is 0.727. The molecule has 0 aliphatic heterocycles. The van der Waals surface area contributed by atoms with Crippen LogP contribution >= 0.6 is 0 Å². The minimum atomic E-state index is -0.621. The molecule has 4 heteroatoms. The summed E-state index contributed by atoms with van der Waals surface area (Å²) in [6, 6.07) is 0. The van der Waals surface area contributed by atoms with E-state index in [1.165, 1.54) is 12.8 Å². The number of carbonyl (C=O) groups is 1. The van der Waals surface area contributed by atoms with Crippen LogP contribution in [0.4, 0.5) is 4.79 Å². The zero-order chi connectivity index (χ0) is 10.6. The molecule has 0 aromatic heterocycles. The molecule has 0 heterocycles. The van der Waals surface area contributed by atoms with Crippen molar-refractivity contribution in [2.45, 2.75) is 39.5 Å². The van der Waals surface area contributed by atoms with Crippen molar-refractivity contribution in [3.05, 3.63) is 0 Å². The SMILES string of the molecule is CC#CCOC(=O)OCCCCCC.[Pu]. The standard InChI is InChI=1S/C11H18O3.Pu/c1-3-5-7-8-10-14-11(12)13-9-6-4-2;/h3,5,7-10H2,1-2H3;. The Labute approximate surface area is 114 Å². The van der Waals surface area contributed by atoms with Crippen molar-refractivity contribution >= 4 is 6.16 Å². The van der Waals surface area contributed by atoms with Gasteiger partial charge < -0.3 is 9.47 Å². The first kappa shape index (κ1) is 17.2. The Morgan fingerprint density at radius 1 is 1.20 bits per heavy atom. The molecule has 0 N–H and O–H groups in total. The quantitative estimate of drug-likeness (QED) is 0.361. The number of carbonyl (C=O) groups excluding carboxylic acids is 1. The number of rotatable bonds is 6. The van der Waals surface area contributed by atoms with Gasteiger partial charge in [0.25, 0.3) is 0 Å². The predicted molar refractivity (Wildman–Crippen MR) is 54.9 cm³/mol. The molecule has 0 amide bonds. The van der Waals surface area contributed by atoms with Gasteiger partial charge in [0.2, 0.25) is 0 Å². The van der Waals surface area contributed by atoms with Gasteiger partial charge in [-0.25, -0.2) is 4.79 Å². The van der Waals surface area contributed by atoms with Gasteiger partial charge in [0.1, 0.15) is 0 Å². The molecule has 0 radical (unpaired) electrons. The Hall–Kier alpha value is -0.183.